The van der Waals surface area contributed by atoms with Crippen LogP contribution in [0.4, 0.5) is 10.5 Å². The van der Waals surface area contributed by atoms with Gasteiger partial charge in [0.25, 0.3) is 0 Å². The fourth-order valence-electron chi connectivity index (χ4n) is 4.84. The molecule has 0 bridgehead atoms. The second-order valence-electron chi connectivity index (χ2n) is 9.75. The van der Waals surface area contributed by atoms with E-state index in [1.54, 1.807) is 55.0 Å². The van der Waals surface area contributed by atoms with Gasteiger partial charge in [0.1, 0.15) is 23.3 Å². The van der Waals surface area contributed by atoms with Gasteiger partial charge in [0.2, 0.25) is 0 Å². The van der Waals surface area contributed by atoms with Gasteiger partial charge < -0.3 is 14.4 Å². The lowest BCUT2D eigenvalue weighted by atomic mass is 9.95. The maximum absolute atomic E-state index is 12.8. The van der Waals surface area contributed by atoms with E-state index in [-0.39, 0.29) is 5.76 Å². The van der Waals surface area contributed by atoms with E-state index < -0.39 is 23.6 Å². The van der Waals surface area contributed by atoms with Crippen molar-refractivity contribution in [2.45, 2.75) is 38.2 Å². The molecule has 1 atom stereocenters. The third-order valence-electron chi connectivity index (χ3n) is 7.24. The molecule has 6 rings (SSSR count). The number of carbonyl (C=O) groups excluding carboxylic acids is 1. The molecule has 1 amide bonds. The number of aryl methyl sites for hydroxylation is 1. The van der Waals surface area contributed by atoms with Crippen LogP contribution in [0.1, 0.15) is 42.7 Å². The highest BCUT2D eigenvalue weighted by molar-refractivity contribution is 6.31. The zero-order valence-electron chi connectivity index (χ0n) is 21.6. The average molecular weight is 558 g/mol. The number of anilines is 1. The molecule has 3 aromatic heterocycles. The Labute approximate surface area is 233 Å². The number of ether oxygens (including phenoxy) is 1. The Kier molecular flexibility index (Phi) is 6.26. The molecule has 0 spiro atoms. The second-order valence-corrected chi connectivity index (χ2v) is 10.2. The fraction of sp³-hybridized carbons (Fsp3) is 0.207. The van der Waals surface area contributed by atoms with E-state index in [0.717, 1.165) is 11.1 Å². The lowest BCUT2D eigenvalue weighted by molar-refractivity contribution is -0.140. The Bertz CT molecular complexity index is 1760. The minimum Gasteiger partial charge on any atom is -0.481 e. The molecule has 1 aliphatic carbocycles. The molecule has 3 heterocycles. The number of fused-ring (bicyclic) bond motifs is 1. The standard InChI is InChI=1S/C29H24ClN5O5/c1-16-23(33-28(38)39-17(2)20-5-3-4-6-22(20)30)24(40-34-16)21-15-32-25(35-14-13-31-26(21)35)18-7-9-19(10-8-18)29(11-12-29)27(36)37/h3-10,13-15,17H,11-12H2,1-2H3,(H,33,38)(H,36,37). The summed E-state index contributed by atoms with van der Waals surface area (Å²) in [7, 11) is 0. The summed E-state index contributed by atoms with van der Waals surface area (Å²) in [5.41, 5.74) is 3.33. The number of nitrogens with one attached hydrogen (secondary N) is 1. The first-order valence-electron chi connectivity index (χ1n) is 12.6. The van der Waals surface area contributed by atoms with E-state index in [1.807, 2.05) is 30.3 Å². The highest BCUT2D eigenvalue weighted by atomic mass is 35.5. The van der Waals surface area contributed by atoms with E-state index in [1.165, 1.54) is 0 Å². The lowest BCUT2D eigenvalue weighted by Gasteiger charge is -2.15. The third kappa shape index (κ3) is 4.36. The zero-order chi connectivity index (χ0) is 28.0. The van der Waals surface area contributed by atoms with Crippen LogP contribution in [-0.2, 0) is 14.9 Å². The monoisotopic (exact) mass is 557 g/mol. The Morgan fingerprint density at radius 2 is 1.90 bits per heavy atom. The molecule has 0 radical (unpaired) electrons. The maximum Gasteiger partial charge on any atom is 0.412 e. The summed E-state index contributed by atoms with van der Waals surface area (Å²) in [4.78, 5) is 33.7. The van der Waals surface area contributed by atoms with Crippen LogP contribution in [0.3, 0.4) is 0 Å². The van der Waals surface area contributed by atoms with E-state index in [4.69, 9.17) is 20.9 Å². The summed E-state index contributed by atoms with van der Waals surface area (Å²) in [5.74, 6) is 0.0953. The highest BCUT2D eigenvalue weighted by Crippen LogP contribution is 2.48. The van der Waals surface area contributed by atoms with Crippen molar-refractivity contribution in [1.82, 2.24) is 19.5 Å². The second kappa shape index (κ2) is 9.80. The van der Waals surface area contributed by atoms with Crippen LogP contribution in [-0.4, -0.2) is 36.7 Å². The van der Waals surface area contributed by atoms with Gasteiger partial charge in [-0.2, -0.15) is 0 Å². The Morgan fingerprint density at radius 3 is 2.60 bits per heavy atom. The molecule has 2 aromatic carbocycles. The number of aliphatic carboxylic acids is 1. The molecule has 5 aromatic rings. The average Bonchev–Trinajstić information content (AvgIpc) is 3.49. The quantitative estimate of drug-likeness (QED) is 0.234. The number of nitrogens with zero attached hydrogens (tertiary/aromatic N) is 4. The van der Waals surface area contributed by atoms with Crippen molar-refractivity contribution in [2.24, 2.45) is 0 Å². The number of hydrogen-bond acceptors (Lipinski definition) is 7. The summed E-state index contributed by atoms with van der Waals surface area (Å²) in [6.45, 7) is 3.44. The number of rotatable bonds is 7. The van der Waals surface area contributed by atoms with E-state index in [9.17, 15) is 14.7 Å². The molecule has 1 aliphatic rings. The van der Waals surface area contributed by atoms with Crippen LogP contribution in [0, 0.1) is 6.92 Å². The number of benzene rings is 2. The minimum atomic E-state index is -0.798. The normalized spacial score (nSPS) is 14.6. The fourth-order valence-corrected chi connectivity index (χ4v) is 5.13. The summed E-state index contributed by atoms with van der Waals surface area (Å²) >= 11 is 6.24. The molecule has 0 saturated heterocycles. The summed E-state index contributed by atoms with van der Waals surface area (Å²) in [5, 5.41) is 16.9. The summed E-state index contributed by atoms with van der Waals surface area (Å²) in [6, 6.07) is 14.6. The van der Waals surface area contributed by atoms with Crippen LogP contribution in [0.2, 0.25) is 5.02 Å². The SMILES string of the molecule is Cc1noc(-c2cnc(-c3ccc(C4(C(=O)O)CC4)cc3)n3ccnc23)c1NC(=O)OC(C)c1ccccc1Cl. The van der Waals surface area contributed by atoms with Gasteiger partial charge in [-0.25, -0.2) is 14.8 Å². The van der Waals surface area contributed by atoms with Crippen LogP contribution < -0.4 is 5.32 Å². The van der Waals surface area contributed by atoms with Crippen molar-refractivity contribution in [3.8, 4) is 22.7 Å². The minimum absolute atomic E-state index is 0.280. The molecule has 1 unspecified atom stereocenters. The van der Waals surface area contributed by atoms with Crippen molar-refractivity contribution in [3.63, 3.8) is 0 Å². The number of amides is 1. The number of hydrogen-bond donors (Lipinski definition) is 2. The predicted octanol–water partition coefficient (Wildman–Crippen LogP) is 6.44. The third-order valence-corrected chi connectivity index (χ3v) is 7.59. The van der Waals surface area contributed by atoms with Crippen LogP contribution in [0.5, 0.6) is 0 Å². The summed E-state index contributed by atoms with van der Waals surface area (Å²) < 4.78 is 13.0. The van der Waals surface area contributed by atoms with Gasteiger partial charge in [-0.1, -0.05) is 59.2 Å². The van der Waals surface area contributed by atoms with E-state index >= 15 is 0 Å². The van der Waals surface area contributed by atoms with Crippen molar-refractivity contribution in [2.75, 3.05) is 5.32 Å². The molecular formula is C29H24ClN5O5. The topological polar surface area (TPSA) is 132 Å². The Balaban J connectivity index is 1.28. The van der Waals surface area contributed by atoms with Gasteiger partial charge in [0.05, 0.1) is 11.0 Å². The van der Waals surface area contributed by atoms with Crippen molar-refractivity contribution in [1.29, 1.82) is 0 Å². The molecule has 1 saturated carbocycles. The summed E-state index contributed by atoms with van der Waals surface area (Å²) in [6.07, 6.45) is 5.00. The van der Waals surface area contributed by atoms with Gasteiger partial charge in [-0.15, -0.1) is 0 Å². The number of halogens is 1. The maximum atomic E-state index is 12.8. The van der Waals surface area contributed by atoms with Crippen molar-refractivity contribution in [3.05, 3.63) is 89.0 Å². The van der Waals surface area contributed by atoms with Gasteiger partial charge >= 0.3 is 12.1 Å². The van der Waals surface area contributed by atoms with Crippen molar-refractivity contribution >= 4 is 35.0 Å². The molecule has 40 heavy (non-hydrogen) atoms. The molecule has 1 fully saturated rings. The smallest absolute Gasteiger partial charge is 0.412 e. The zero-order valence-corrected chi connectivity index (χ0v) is 22.3. The van der Waals surface area contributed by atoms with Crippen LogP contribution >= 0.6 is 11.6 Å². The van der Waals surface area contributed by atoms with Gasteiger partial charge in [0.15, 0.2) is 11.4 Å². The highest BCUT2D eigenvalue weighted by Gasteiger charge is 2.51. The molecule has 202 valence electrons. The van der Waals surface area contributed by atoms with Gasteiger partial charge in [-0.05, 0) is 38.3 Å². The van der Waals surface area contributed by atoms with Gasteiger partial charge in [-0.3, -0.25) is 14.5 Å². The first-order chi connectivity index (χ1) is 19.3. The number of aromatic nitrogens is 4. The molecule has 10 nitrogen and oxygen atoms in total. The number of imidazole rings is 1. The first kappa shape index (κ1) is 25.6. The first-order valence-corrected chi connectivity index (χ1v) is 13.0. The van der Waals surface area contributed by atoms with E-state index in [2.05, 4.69) is 20.4 Å². The largest absolute Gasteiger partial charge is 0.481 e. The number of carboxylic acids is 1. The predicted molar refractivity (Wildman–Crippen MR) is 147 cm³/mol. The van der Waals surface area contributed by atoms with Crippen LogP contribution in [0.25, 0.3) is 28.4 Å². The number of carbonyl (C=O) groups is 2. The van der Waals surface area contributed by atoms with Crippen molar-refractivity contribution < 1.29 is 24.0 Å². The molecule has 0 aliphatic heterocycles. The Hall–Kier alpha value is -4.70. The van der Waals surface area contributed by atoms with Gasteiger partial charge in [0, 0.05) is 34.7 Å². The molecule has 11 heteroatoms. The van der Waals surface area contributed by atoms with Crippen LogP contribution in [0.15, 0.2) is 71.6 Å². The lowest BCUT2D eigenvalue weighted by Crippen LogP contribution is -2.19. The Morgan fingerprint density at radius 1 is 1.15 bits per heavy atom. The molecular weight excluding hydrogens is 534 g/mol. The molecule has 2 N–H and O–H groups in total. The number of carboxylic acid groups (broad SMARTS) is 1. The van der Waals surface area contributed by atoms with E-state index in [0.29, 0.717) is 51.8 Å².